The van der Waals surface area contributed by atoms with E-state index in [1.165, 1.54) is 38.9 Å². The van der Waals surface area contributed by atoms with E-state index in [9.17, 15) is 0 Å². The van der Waals surface area contributed by atoms with Crippen LogP contribution in [0, 0.1) is 13.8 Å². The van der Waals surface area contributed by atoms with E-state index >= 15 is 0 Å². The standard InChI is InChI=1S/C51H45N5O/c1-32(2)44-27-39(36-16-8-7-9-17-36)28-45(33(3)4)50(44)55-31-53-54-51(55)38-18-13-19-40(26-38)57-41-22-23-43-42-20-10-11-21-46(42)56(47(43)30-41)48-29-37(24-25-52-48)49-34(5)14-12-15-35(49)6/h7-33H,1-6H3. The number of rotatable bonds is 9. The van der Waals surface area contributed by atoms with Crippen molar-refractivity contribution in [2.45, 2.75) is 53.4 Å². The van der Waals surface area contributed by atoms with Crippen LogP contribution >= 0.6 is 0 Å². The van der Waals surface area contributed by atoms with Crippen molar-refractivity contribution >= 4 is 21.8 Å². The first-order chi connectivity index (χ1) is 27.7. The number of hydrogen-bond acceptors (Lipinski definition) is 4. The lowest BCUT2D eigenvalue weighted by atomic mass is 9.88. The van der Waals surface area contributed by atoms with E-state index in [0.29, 0.717) is 5.75 Å². The predicted molar refractivity (Wildman–Crippen MR) is 234 cm³/mol. The second-order valence-electron chi connectivity index (χ2n) is 15.5. The molecule has 9 rings (SSSR count). The molecule has 6 heteroatoms. The molecule has 3 heterocycles. The minimum atomic E-state index is 0.279. The van der Waals surface area contributed by atoms with E-state index in [-0.39, 0.29) is 11.8 Å². The lowest BCUT2D eigenvalue weighted by molar-refractivity contribution is 0.483. The number of ether oxygens (including phenoxy) is 1. The molecule has 0 amide bonds. The molecule has 280 valence electrons. The van der Waals surface area contributed by atoms with E-state index in [0.717, 1.165) is 56.0 Å². The predicted octanol–water partition coefficient (Wildman–Crippen LogP) is 13.4. The fourth-order valence-corrected chi connectivity index (χ4v) is 8.29. The Morgan fingerprint density at radius 2 is 1.21 bits per heavy atom. The lowest BCUT2D eigenvalue weighted by Crippen LogP contribution is -2.08. The molecule has 0 fully saturated rings. The summed E-state index contributed by atoms with van der Waals surface area (Å²) in [6.45, 7) is 13.4. The van der Waals surface area contributed by atoms with Gasteiger partial charge >= 0.3 is 0 Å². The van der Waals surface area contributed by atoms with E-state index in [1.54, 1.807) is 0 Å². The van der Waals surface area contributed by atoms with Crippen molar-refractivity contribution in [3.05, 3.63) is 174 Å². The number of aromatic nitrogens is 5. The summed E-state index contributed by atoms with van der Waals surface area (Å²) in [6, 6.07) is 49.0. The molecule has 0 spiro atoms. The van der Waals surface area contributed by atoms with Crippen LogP contribution in [0.2, 0.25) is 0 Å². The molecular formula is C51H45N5O. The minimum absolute atomic E-state index is 0.279. The number of hydrogen-bond donors (Lipinski definition) is 0. The molecule has 6 nitrogen and oxygen atoms in total. The molecule has 6 aromatic carbocycles. The number of benzene rings is 6. The Kier molecular flexibility index (Phi) is 9.25. The smallest absolute Gasteiger partial charge is 0.168 e. The van der Waals surface area contributed by atoms with Crippen molar-refractivity contribution < 1.29 is 4.74 Å². The normalized spacial score (nSPS) is 11.6. The number of fused-ring (bicyclic) bond motifs is 3. The van der Waals surface area contributed by atoms with Crippen molar-refractivity contribution in [3.63, 3.8) is 0 Å². The maximum absolute atomic E-state index is 6.68. The van der Waals surface area contributed by atoms with Crippen LogP contribution in [-0.4, -0.2) is 24.3 Å². The molecule has 0 aliphatic heterocycles. The van der Waals surface area contributed by atoms with Crippen LogP contribution in [0.1, 0.15) is 61.8 Å². The first-order valence-electron chi connectivity index (χ1n) is 19.7. The van der Waals surface area contributed by atoms with Crippen LogP contribution in [-0.2, 0) is 0 Å². The van der Waals surface area contributed by atoms with Gasteiger partial charge in [0.1, 0.15) is 23.6 Å². The van der Waals surface area contributed by atoms with Crippen molar-refractivity contribution in [3.8, 4) is 56.6 Å². The molecule has 0 atom stereocenters. The van der Waals surface area contributed by atoms with Crippen molar-refractivity contribution in [1.82, 2.24) is 24.3 Å². The van der Waals surface area contributed by atoms with Gasteiger partial charge < -0.3 is 4.74 Å². The Bertz CT molecular complexity index is 2870. The first-order valence-corrected chi connectivity index (χ1v) is 19.7. The molecule has 3 aromatic heterocycles. The van der Waals surface area contributed by atoms with Crippen LogP contribution in [0.4, 0.5) is 0 Å². The Morgan fingerprint density at radius 3 is 1.96 bits per heavy atom. The lowest BCUT2D eigenvalue weighted by Gasteiger charge is -2.23. The van der Waals surface area contributed by atoms with Crippen LogP contribution in [0.25, 0.3) is 67.0 Å². The van der Waals surface area contributed by atoms with Gasteiger partial charge in [-0.05, 0) is 125 Å². The van der Waals surface area contributed by atoms with Gasteiger partial charge in [-0.25, -0.2) is 4.98 Å². The van der Waals surface area contributed by atoms with Crippen LogP contribution in [0.5, 0.6) is 11.5 Å². The van der Waals surface area contributed by atoms with Gasteiger partial charge in [-0.2, -0.15) is 0 Å². The zero-order valence-electron chi connectivity index (χ0n) is 33.2. The molecule has 0 saturated carbocycles. The third-order valence-corrected chi connectivity index (χ3v) is 11.0. The largest absolute Gasteiger partial charge is 0.457 e. The van der Waals surface area contributed by atoms with E-state index < -0.39 is 0 Å². The van der Waals surface area contributed by atoms with Gasteiger partial charge in [-0.1, -0.05) is 107 Å². The molecular weight excluding hydrogens is 699 g/mol. The second-order valence-corrected chi connectivity index (χ2v) is 15.5. The van der Waals surface area contributed by atoms with Gasteiger partial charge in [-0.15, -0.1) is 10.2 Å². The minimum Gasteiger partial charge on any atom is -0.457 e. The average molecular weight is 744 g/mol. The quantitative estimate of drug-likeness (QED) is 0.148. The van der Waals surface area contributed by atoms with Crippen LogP contribution < -0.4 is 4.74 Å². The topological polar surface area (TPSA) is 57.8 Å². The third-order valence-electron chi connectivity index (χ3n) is 11.0. The van der Waals surface area contributed by atoms with Crippen molar-refractivity contribution in [1.29, 1.82) is 0 Å². The molecule has 0 bridgehead atoms. The van der Waals surface area contributed by atoms with Gasteiger partial charge in [0.05, 0.1) is 16.7 Å². The summed E-state index contributed by atoms with van der Waals surface area (Å²) in [7, 11) is 0. The molecule has 0 N–H and O–H groups in total. The zero-order valence-corrected chi connectivity index (χ0v) is 33.2. The van der Waals surface area contributed by atoms with E-state index in [2.05, 4.69) is 182 Å². The molecule has 0 saturated heterocycles. The number of aryl methyl sites for hydroxylation is 2. The fraction of sp³-hybridized carbons (Fsp3) is 0.157. The van der Waals surface area contributed by atoms with Gasteiger partial charge in [-0.3, -0.25) is 9.13 Å². The molecule has 0 radical (unpaired) electrons. The highest BCUT2D eigenvalue weighted by molar-refractivity contribution is 6.09. The summed E-state index contributed by atoms with van der Waals surface area (Å²) in [5.41, 5.74) is 14.0. The maximum atomic E-state index is 6.68. The molecule has 57 heavy (non-hydrogen) atoms. The second kappa shape index (κ2) is 14.7. The molecule has 9 aromatic rings. The van der Waals surface area contributed by atoms with Crippen LogP contribution in [0.15, 0.2) is 152 Å². The van der Waals surface area contributed by atoms with Crippen molar-refractivity contribution in [2.24, 2.45) is 0 Å². The summed E-state index contributed by atoms with van der Waals surface area (Å²) in [6.07, 6.45) is 3.75. The van der Waals surface area contributed by atoms with E-state index in [4.69, 9.17) is 9.72 Å². The van der Waals surface area contributed by atoms with Gasteiger partial charge in [0.25, 0.3) is 0 Å². The highest BCUT2D eigenvalue weighted by Gasteiger charge is 2.22. The first kappa shape index (κ1) is 35.9. The number of para-hydroxylation sites is 1. The highest BCUT2D eigenvalue weighted by atomic mass is 16.5. The maximum Gasteiger partial charge on any atom is 0.168 e. The van der Waals surface area contributed by atoms with Crippen molar-refractivity contribution in [2.75, 3.05) is 0 Å². The monoisotopic (exact) mass is 743 g/mol. The Morgan fingerprint density at radius 1 is 0.544 bits per heavy atom. The van der Waals surface area contributed by atoms with Crippen LogP contribution in [0.3, 0.4) is 0 Å². The molecule has 0 aliphatic rings. The van der Waals surface area contributed by atoms with Gasteiger partial charge in [0.15, 0.2) is 5.82 Å². The average Bonchev–Trinajstić information content (AvgIpc) is 3.84. The van der Waals surface area contributed by atoms with E-state index in [1.807, 2.05) is 30.7 Å². The Balaban J connectivity index is 1.11. The summed E-state index contributed by atoms with van der Waals surface area (Å²) >= 11 is 0. The Labute approximate surface area is 334 Å². The zero-order chi connectivity index (χ0) is 39.2. The number of pyridine rings is 1. The molecule has 0 unspecified atom stereocenters. The number of nitrogens with zero attached hydrogens (tertiary/aromatic N) is 5. The summed E-state index contributed by atoms with van der Waals surface area (Å²) in [4.78, 5) is 4.91. The third kappa shape index (κ3) is 6.57. The molecule has 0 aliphatic carbocycles. The van der Waals surface area contributed by atoms with Gasteiger partial charge in [0, 0.05) is 28.6 Å². The SMILES string of the molecule is Cc1cccc(C)c1-c1ccnc(-n2c3ccccc3c3ccc(Oc4cccc(-c5nncn5-c5c(C(C)C)cc(-c6ccccc6)cc5C(C)C)c4)cc32)c1. The fourth-order valence-electron chi connectivity index (χ4n) is 8.29. The summed E-state index contributed by atoms with van der Waals surface area (Å²) < 4.78 is 11.1. The Hall–Kier alpha value is -6.79. The van der Waals surface area contributed by atoms with Gasteiger partial charge in [0.2, 0.25) is 0 Å². The summed E-state index contributed by atoms with van der Waals surface area (Å²) in [5.74, 6) is 3.63. The summed E-state index contributed by atoms with van der Waals surface area (Å²) in [5, 5.41) is 11.5. The highest BCUT2D eigenvalue weighted by Crippen LogP contribution is 2.40.